The van der Waals surface area contributed by atoms with Gasteiger partial charge in [-0.05, 0) is 44.2 Å². The number of aromatic carboxylic acids is 1. The number of carbonyl (C=O) groups is 2. The summed E-state index contributed by atoms with van der Waals surface area (Å²) in [6.07, 6.45) is 21.2. The van der Waals surface area contributed by atoms with Gasteiger partial charge in [0.2, 0.25) is 0 Å². The Morgan fingerprint density at radius 1 is 0.812 bits per heavy atom. The summed E-state index contributed by atoms with van der Waals surface area (Å²) in [5, 5.41) is 17.0. The summed E-state index contributed by atoms with van der Waals surface area (Å²) in [5.41, 5.74) is 5.80. The van der Waals surface area contributed by atoms with Crippen LogP contribution in [0.1, 0.15) is 107 Å². The Morgan fingerprint density at radius 2 is 1.28 bits per heavy atom. The molecule has 7 heteroatoms. The molecule has 0 saturated carbocycles. The van der Waals surface area contributed by atoms with Gasteiger partial charge in [-0.15, -0.1) is 0 Å². The third-order valence-electron chi connectivity index (χ3n) is 4.84. The molecule has 1 rings (SSSR count). The van der Waals surface area contributed by atoms with Gasteiger partial charge in [-0.1, -0.05) is 82.6 Å². The summed E-state index contributed by atoms with van der Waals surface area (Å²) < 4.78 is 0. The van der Waals surface area contributed by atoms with Crippen LogP contribution in [0.4, 0.5) is 5.69 Å². The van der Waals surface area contributed by atoms with Crippen LogP contribution in [0.25, 0.3) is 0 Å². The molecule has 0 saturated heterocycles. The maximum absolute atomic E-state index is 10.3. The summed E-state index contributed by atoms with van der Waals surface area (Å²) in [6.45, 7) is 2.26. The van der Waals surface area contributed by atoms with Gasteiger partial charge in [-0.3, -0.25) is 4.79 Å². The van der Waals surface area contributed by atoms with E-state index >= 15 is 0 Å². The van der Waals surface area contributed by atoms with E-state index < -0.39 is 11.9 Å². The number of hydrogen-bond acceptors (Lipinski definition) is 3. The molecule has 0 heterocycles. The van der Waals surface area contributed by atoms with E-state index in [1.165, 1.54) is 76.7 Å². The Bertz CT molecular complexity index is 611. The van der Waals surface area contributed by atoms with Crippen LogP contribution in [0, 0.1) is 0 Å². The van der Waals surface area contributed by atoms with Crippen LogP contribution in [0.2, 0.25) is 0 Å². The zero-order valence-electron chi connectivity index (χ0n) is 19.0. The Hall–Kier alpha value is -0.144. The minimum absolute atomic E-state index is 0. The van der Waals surface area contributed by atoms with Crippen LogP contribution >= 0.6 is 0 Å². The zero-order chi connectivity index (χ0) is 22.5. The number of carboxylic acids is 2. The Kier molecular flexibility index (Phi) is 30.9. The number of aliphatic carboxylic acids is 1. The first-order chi connectivity index (χ1) is 14.5. The van der Waals surface area contributed by atoms with Crippen molar-refractivity contribution in [3.63, 3.8) is 0 Å². The van der Waals surface area contributed by atoms with E-state index in [2.05, 4.69) is 19.1 Å². The third-order valence-corrected chi connectivity index (χ3v) is 4.84. The second kappa shape index (κ2) is 27.1. The van der Waals surface area contributed by atoms with Gasteiger partial charge in [0.05, 0.1) is 5.56 Å². The van der Waals surface area contributed by atoms with Crippen molar-refractivity contribution in [2.75, 3.05) is 5.73 Å². The predicted molar refractivity (Wildman–Crippen MR) is 132 cm³/mol. The van der Waals surface area contributed by atoms with E-state index in [1.807, 2.05) is 0 Å². The quantitative estimate of drug-likeness (QED) is 0.100. The molecule has 0 spiro atoms. The Labute approximate surface area is 247 Å². The van der Waals surface area contributed by atoms with E-state index in [4.69, 9.17) is 15.9 Å². The SMILES string of the molecule is CCCCCCCC/C=C\CCCCCCCC(=O)O.Nc1ccccc1C(=O)O.[Cu].[KH]. The molecule has 1 aromatic carbocycles. The van der Waals surface area contributed by atoms with Crippen molar-refractivity contribution in [1.29, 1.82) is 0 Å². The fourth-order valence-electron chi connectivity index (χ4n) is 3.04. The molecule has 32 heavy (non-hydrogen) atoms. The van der Waals surface area contributed by atoms with Crippen LogP contribution in [0.15, 0.2) is 36.4 Å². The van der Waals surface area contributed by atoms with Crippen molar-refractivity contribution in [1.82, 2.24) is 0 Å². The molecule has 0 atom stereocenters. The average molecular weight is 523 g/mol. The number of rotatable bonds is 16. The van der Waals surface area contributed by atoms with E-state index in [0.717, 1.165) is 12.8 Å². The molecule has 0 amide bonds. The molecule has 0 aliphatic heterocycles. The van der Waals surface area contributed by atoms with E-state index in [9.17, 15) is 9.59 Å². The number of para-hydroxylation sites is 1. The van der Waals surface area contributed by atoms with Crippen LogP contribution < -0.4 is 5.73 Å². The fourth-order valence-corrected chi connectivity index (χ4v) is 3.04. The molecule has 0 aliphatic carbocycles. The van der Waals surface area contributed by atoms with Gasteiger partial charge < -0.3 is 15.9 Å². The number of hydrogen-bond donors (Lipinski definition) is 3. The molecule has 4 N–H and O–H groups in total. The molecule has 1 aromatic rings. The molecule has 0 aliphatic rings. The summed E-state index contributed by atoms with van der Waals surface area (Å²) in [5.74, 6) is -1.65. The molecular weight excluding hydrogens is 481 g/mol. The van der Waals surface area contributed by atoms with Crippen LogP contribution in [-0.4, -0.2) is 73.5 Å². The molecule has 0 aromatic heterocycles. The number of allylic oxidation sites excluding steroid dienone is 2. The number of nitrogen functional groups attached to an aromatic ring is 1. The first-order valence-electron chi connectivity index (χ1n) is 11.4. The fraction of sp³-hybridized carbons (Fsp3) is 0.600. The van der Waals surface area contributed by atoms with Crippen molar-refractivity contribution in [3.8, 4) is 0 Å². The third kappa shape index (κ3) is 24.5. The molecule has 0 unspecified atom stereocenters. The van der Waals surface area contributed by atoms with Crippen molar-refractivity contribution in [2.24, 2.45) is 0 Å². The van der Waals surface area contributed by atoms with Crippen molar-refractivity contribution < 1.29 is 36.9 Å². The monoisotopic (exact) mass is 522 g/mol. The average Bonchev–Trinajstić information content (AvgIpc) is 2.71. The molecular formula is C25H42CuKNO4. The van der Waals surface area contributed by atoms with Crippen LogP contribution in [0.3, 0.4) is 0 Å². The molecule has 183 valence electrons. The first-order valence-corrected chi connectivity index (χ1v) is 11.4. The summed E-state index contributed by atoms with van der Waals surface area (Å²) >= 11 is 0. The zero-order valence-corrected chi connectivity index (χ0v) is 19.9. The van der Waals surface area contributed by atoms with Crippen LogP contribution in [0.5, 0.6) is 0 Å². The maximum atomic E-state index is 10.3. The first kappa shape index (κ1) is 36.4. The predicted octanol–water partition coefficient (Wildman–Crippen LogP) is 6.42. The standard InChI is InChI=1S/C18H34O2.C7H7NO2.Cu.K.H/c1-2-3-4-5-6-7-8-9-10-11-12-13-14-15-16-17-18(19)20;8-6-4-2-1-3-5(6)7(9)10;;;/h9-10H,2-8,11-17H2,1H3,(H,19,20);1-4H,8H2,(H,9,10);;;/b10-9-;;;;. The van der Waals surface area contributed by atoms with Crippen molar-refractivity contribution >= 4 is 69.0 Å². The second-order valence-electron chi connectivity index (χ2n) is 7.62. The normalized spacial score (nSPS) is 9.91. The molecule has 1 radical (unpaired) electrons. The van der Waals surface area contributed by atoms with E-state index in [0.29, 0.717) is 12.1 Å². The van der Waals surface area contributed by atoms with Gasteiger partial charge in [0.1, 0.15) is 0 Å². The summed E-state index contributed by atoms with van der Waals surface area (Å²) in [7, 11) is 0. The van der Waals surface area contributed by atoms with Crippen molar-refractivity contribution in [3.05, 3.63) is 42.0 Å². The van der Waals surface area contributed by atoms with E-state index in [1.54, 1.807) is 18.2 Å². The number of anilines is 1. The topological polar surface area (TPSA) is 101 Å². The summed E-state index contributed by atoms with van der Waals surface area (Å²) in [6, 6.07) is 6.36. The second-order valence-corrected chi connectivity index (χ2v) is 7.62. The van der Waals surface area contributed by atoms with E-state index in [-0.39, 0.29) is 74.0 Å². The van der Waals surface area contributed by atoms with Gasteiger partial charge in [0.15, 0.2) is 0 Å². The molecule has 5 nitrogen and oxygen atoms in total. The number of unbranched alkanes of at least 4 members (excludes halogenated alkanes) is 11. The van der Waals surface area contributed by atoms with Gasteiger partial charge in [0.25, 0.3) is 0 Å². The van der Waals surface area contributed by atoms with Gasteiger partial charge in [0, 0.05) is 29.2 Å². The Balaban J connectivity index is -0.000000591. The van der Waals surface area contributed by atoms with Crippen LogP contribution in [-0.2, 0) is 21.9 Å². The van der Waals surface area contributed by atoms with Gasteiger partial charge >= 0.3 is 63.3 Å². The van der Waals surface area contributed by atoms with Gasteiger partial charge in [-0.25, -0.2) is 4.79 Å². The number of nitrogens with two attached hydrogens (primary N) is 1. The van der Waals surface area contributed by atoms with Crippen molar-refractivity contribution in [2.45, 2.75) is 96.8 Å². The number of benzene rings is 1. The number of carboxylic acid groups (broad SMARTS) is 2. The minimum atomic E-state index is -0.988. The summed E-state index contributed by atoms with van der Waals surface area (Å²) in [4.78, 5) is 20.7. The molecule has 0 bridgehead atoms. The Morgan fingerprint density at radius 3 is 1.72 bits per heavy atom. The van der Waals surface area contributed by atoms with Gasteiger partial charge in [-0.2, -0.15) is 0 Å². The molecule has 0 fully saturated rings.